The number of likely N-dealkylation sites (tertiary alicyclic amines) is 1. The molecule has 1 aliphatic rings. The van der Waals surface area contributed by atoms with Crippen LogP contribution in [0.5, 0.6) is 0 Å². The number of carbonyl (C=O) groups is 2. The van der Waals surface area contributed by atoms with E-state index < -0.39 is 29.8 Å². The highest BCUT2D eigenvalue weighted by atomic mass is 35.5. The molecule has 2 atom stereocenters. The quantitative estimate of drug-likeness (QED) is 0.855. The number of rotatable bonds is 2. The summed E-state index contributed by atoms with van der Waals surface area (Å²) in [5.41, 5.74) is -0.109. The molecular formula is C12H11ClFNO4. The molecule has 0 aliphatic carbocycles. The molecule has 0 unspecified atom stereocenters. The molecule has 0 radical (unpaired) electrons. The van der Waals surface area contributed by atoms with Crippen LogP contribution in [0.25, 0.3) is 0 Å². The Morgan fingerprint density at radius 1 is 1.42 bits per heavy atom. The second-order valence-corrected chi connectivity index (χ2v) is 4.68. The molecule has 1 aromatic rings. The number of hydrogen-bond acceptors (Lipinski definition) is 3. The van der Waals surface area contributed by atoms with Gasteiger partial charge in [-0.15, -0.1) is 0 Å². The second-order valence-electron chi connectivity index (χ2n) is 4.30. The predicted molar refractivity (Wildman–Crippen MR) is 64.5 cm³/mol. The predicted octanol–water partition coefficient (Wildman–Crippen LogP) is 1.14. The fraction of sp³-hybridized carbons (Fsp3) is 0.333. The fourth-order valence-electron chi connectivity index (χ4n) is 2.10. The summed E-state index contributed by atoms with van der Waals surface area (Å²) in [4.78, 5) is 24.2. The zero-order valence-electron chi connectivity index (χ0n) is 9.72. The van der Waals surface area contributed by atoms with Crippen molar-refractivity contribution >= 4 is 23.5 Å². The summed E-state index contributed by atoms with van der Waals surface area (Å²) in [5.74, 6) is -2.66. The van der Waals surface area contributed by atoms with Crippen LogP contribution in [0.1, 0.15) is 16.8 Å². The fourth-order valence-corrected chi connectivity index (χ4v) is 2.30. The Bertz CT molecular complexity index is 536. The lowest BCUT2D eigenvalue weighted by Gasteiger charge is -2.21. The molecule has 1 aliphatic heterocycles. The number of amides is 1. The lowest BCUT2D eigenvalue weighted by atomic mass is 10.1. The van der Waals surface area contributed by atoms with Gasteiger partial charge in [0.05, 0.1) is 16.7 Å². The molecule has 1 amide bonds. The number of carbonyl (C=O) groups excluding carboxylic acids is 1. The van der Waals surface area contributed by atoms with Crippen LogP contribution in [0.2, 0.25) is 5.02 Å². The first-order valence-electron chi connectivity index (χ1n) is 5.57. The van der Waals surface area contributed by atoms with Gasteiger partial charge >= 0.3 is 5.97 Å². The van der Waals surface area contributed by atoms with Crippen LogP contribution < -0.4 is 0 Å². The Morgan fingerprint density at radius 3 is 2.74 bits per heavy atom. The molecular weight excluding hydrogens is 277 g/mol. The Hall–Kier alpha value is -1.66. The van der Waals surface area contributed by atoms with Crippen LogP contribution in [0.15, 0.2) is 18.2 Å². The van der Waals surface area contributed by atoms with Gasteiger partial charge in [0.15, 0.2) is 0 Å². The molecule has 0 saturated carbocycles. The zero-order chi connectivity index (χ0) is 14.2. The molecule has 19 heavy (non-hydrogen) atoms. The Morgan fingerprint density at radius 2 is 2.11 bits per heavy atom. The topological polar surface area (TPSA) is 77.8 Å². The van der Waals surface area contributed by atoms with Crippen molar-refractivity contribution in [3.63, 3.8) is 0 Å². The van der Waals surface area contributed by atoms with Gasteiger partial charge in [0.2, 0.25) is 0 Å². The van der Waals surface area contributed by atoms with Crippen molar-refractivity contribution in [2.24, 2.45) is 0 Å². The monoisotopic (exact) mass is 287 g/mol. The van der Waals surface area contributed by atoms with Gasteiger partial charge in [0, 0.05) is 13.0 Å². The van der Waals surface area contributed by atoms with Crippen LogP contribution in [0, 0.1) is 5.82 Å². The van der Waals surface area contributed by atoms with E-state index in [-0.39, 0.29) is 23.6 Å². The SMILES string of the molecule is O=C(O)[C@H]1C[C@@H](O)CN1C(=O)c1cccc(F)c1Cl. The van der Waals surface area contributed by atoms with Gasteiger partial charge in [0.1, 0.15) is 11.9 Å². The molecule has 1 saturated heterocycles. The highest BCUT2D eigenvalue weighted by Gasteiger charge is 2.39. The van der Waals surface area contributed by atoms with E-state index in [2.05, 4.69) is 0 Å². The van der Waals surface area contributed by atoms with Gasteiger partial charge in [-0.25, -0.2) is 9.18 Å². The number of carboxylic acid groups (broad SMARTS) is 1. The van der Waals surface area contributed by atoms with Crippen LogP contribution in [0.3, 0.4) is 0 Å². The third-order valence-corrected chi connectivity index (χ3v) is 3.39. The summed E-state index contributed by atoms with van der Waals surface area (Å²) >= 11 is 5.70. The van der Waals surface area contributed by atoms with Crippen molar-refractivity contribution in [3.8, 4) is 0 Å². The molecule has 7 heteroatoms. The average molecular weight is 288 g/mol. The zero-order valence-corrected chi connectivity index (χ0v) is 10.5. The molecule has 2 rings (SSSR count). The lowest BCUT2D eigenvalue weighted by molar-refractivity contribution is -0.141. The normalized spacial score (nSPS) is 22.6. The van der Waals surface area contributed by atoms with Gasteiger partial charge in [-0.2, -0.15) is 0 Å². The molecule has 1 aromatic carbocycles. The van der Waals surface area contributed by atoms with Gasteiger partial charge in [-0.3, -0.25) is 4.79 Å². The summed E-state index contributed by atoms with van der Waals surface area (Å²) in [7, 11) is 0. The summed E-state index contributed by atoms with van der Waals surface area (Å²) < 4.78 is 13.3. The molecule has 0 bridgehead atoms. The molecule has 1 fully saturated rings. The largest absolute Gasteiger partial charge is 0.480 e. The van der Waals surface area contributed by atoms with Gasteiger partial charge in [-0.05, 0) is 12.1 Å². The van der Waals surface area contributed by atoms with E-state index in [1.54, 1.807) is 0 Å². The maximum Gasteiger partial charge on any atom is 0.326 e. The highest BCUT2D eigenvalue weighted by molar-refractivity contribution is 6.34. The number of nitrogens with zero attached hydrogens (tertiary/aromatic N) is 1. The highest BCUT2D eigenvalue weighted by Crippen LogP contribution is 2.25. The van der Waals surface area contributed by atoms with Crippen molar-refractivity contribution in [2.45, 2.75) is 18.6 Å². The molecule has 102 valence electrons. The van der Waals surface area contributed by atoms with Gasteiger partial charge < -0.3 is 15.1 Å². The Labute approximate surface area is 113 Å². The number of halogens is 2. The molecule has 5 nitrogen and oxygen atoms in total. The first-order chi connectivity index (χ1) is 8.91. The van der Waals surface area contributed by atoms with Gasteiger partial charge in [-0.1, -0.05) is 17.7 Å². The Kier molecular flexibility index (Phi) is 3.73. The number of carboxylic acids is 1. The number of β-amino-alcohol motifs (C(OH)–C–C–N with tert-alkyl or cyclic N) is 1. The number of aliphatic hydroxyl groups is 1. The van der Waals surface area contributed by atoms with Crippen LogP contribution in [0.4, 0.5) is 4.39 Å². The first-order valence-corrected chi connectivity index (χ1v) is 5.95. The van der Waals surface area contributed by atoms with E-state index in [1.165, 1.54) is 12.1 Å². The standard InChI is InChI=1S/C12H11ClFNO4/c13-10-7(2-1-3-8(10)14)11(17)15-5-6(16)4-9(15)12(18)19/h1-3,6,9,16H,4-5H2,(H,18,19)/t6-,9-/m1/s1. The first kappa shape index (κ1) is 13.8. The second kappa shape index (κ2) is 5.14. The van der Waals surface area contributed by atoms with Crippen molar-refractivity contribution < 1.29 is 24.2 Å². The minimum atomic E-state index is -1.21. The summed E-state index contributed by atoms with van der Waals surface area (Å²) in [5, 5.41) is 18.1. The summed E-state index contributed by atoms with van der Waals surface area (Å²) in [6, 6.07) is 2.61. The van der Waals surface area contributed by atoms with Crippen molar-refractivity contribution in [1.29, 1.82) is 0 Å². The smallest absolute Gasteiger partial charge is 0.326 e. The van der Waals surface area contributed by atoms with Gasteiger partial charge in [0.25, 0.3) is 5.91 Å². The minimum Gasteiger partial charge on any atom is -0.480 e. The third-order valence-electron chi connectivity index (χ3n) is 3.01. The minimum absolute atomic E-state index is 0.0476. The number of hydrogen-bond donors (Lipinski definition) is 2. The van der Waals surface area contributed by atoms with E-state index in [0.29, 0.717) is 0 Å². The molecule has 0 spiro atoms. The maximum absolute atomic E-state index is 13.3. The molecule has 0 aromatic heterocycles. The number of benzene rings is 1. The van der Waals surface area contributed by atoms with E-state index in [0.717, 1.165) is 11.0 Å². The lowest BCUT2D eigenvalue weighted by Crippen LogP contribution is -2.40. The van der Waals surface area contributed by atoms with E-state index in [9.17, 15) is 19.1 Å². The van der Waals surface area contributed by atoms with E-state index in [4.69, 9.17) is 16.7 Å². The number of aliphatic carboxylic acids is 1. The summed E-state index contributed by atoms with van der Waals surface area (Å²) in [6.07, 6.45) is -0.953. The number of aliphatic hydroxyl groups excluding tert-OH is 1. The molecule has 1 heterocycles. The van der Waals surface area contributed by atoms with Crippen LogP contribution >= 0.6 is 11.6 Å². The summed E-state index contributed by atoms with van der Waals surface area (Å²) in [6.45, 7) is -0.108. The van der Waals surface area contributed by atoms with E-state index in [1.807, 2.05) is 0 Å². The van der Waals surface area contributed by atoms with Crippen molar-refractivity contribution in [1.82, 2.24) is 4.90 Å². The molecule has 2 N–H and O–H groups in total. The average Bonchev–Trinajstić information content (AvgIpc) is 2.74. The van der Waals surface area contributed by atoms with Crippen molar-refractivity contribution in [3.05, 3.63) is 34.6 Å². The third kappa shape index (κ3) is 2.54. The van der Waals surface area contributed by atoms with E-state index >= 15 is 0 Å². The van der Waals surface area contributed by atoms with Crippen LogP contribution in [-0.2, 0) is 4.79 Å². The Balaban J connectivity index is 2.33. The maximum atomic E-state index is 13.3. The van der Waals surface area contributed by atoms with Crippen LogP contribution in [-0.4, -0.2) is 45.7 Å². The van der Waals surface area contributed by atoms with Crippen molar-refractivity contribution in [2.75, 3.05) is 6.54 Å².